The summed E-state index contributed by atoms with van der Waals surface area (Å²) in [6.45, 7) is 2.19. The molecule has 1 aliphatic carbocycles. The maximum Gasteiger partial charge on any atom is 0.269 e. The topological polar surface area (TPSA) is 83.8 Å². The highest BCUT2D eigenvalue weighted by atomic mass is 16.2. The van der Waals surface area contributed by atoms with E-state index in [4.69, 9.17) is 5.73 Å². The Morgan fingerprint density at radius 3 is 2.94 bits per heavy atom. The van der Waals surface area contributed by atoms with Gasteiger partial charge in [0.05, 0.1) is 0 Å². The van der Waals surface area contributed by atoms with Crippen LogP contribution in [0, 0.1) is 5.92 Å². The van der Waals surface area contributed by atoms with E-state index in [0.717, 1.165) is 6.42 Å². The second-order valence-electron chi connectivity index (χ2n) is 4.55. The maximum atomic E-state index is 11.8. The third-order valence-electron chi connectivity index (χ3n) is 3.27. The number of carbonyl (C=O) groups excluding carboxylic acids is 1. The molecule has 0 saturated heterocycles. The lowest BCUT2D eigenvalue weighted by atomic mass is 9.86. The van der Waals surface area contributed by atoms with Crippen molar-refractivity contribution in [1.29, 1.82) is 0 Å². The van der Waals surface area contributed by atoms with Crippen molar-refractivity contribution >= 4 is 11.7 Å². The molecule has 5 heteroatoms. The fraction of sp³-hybridized carbons (Fsp3) is 0.636. The van der Waals surface area contributed by atoms with Gasteiger partial charge in [0.25, 0.3) is 5.91 Å². The maximum absolute atomic E-state index is 11.8. The Labute approximate surface area is 94.8 Å². The minimum atomic E-state index is -0.108. The first kappa shape index (κ1) is 11.0. The average molecular weight is 222 g/mol. The first-order valence-electron chi connectivity index (χ1n) is 5.78. The van der Waals surface area contributed by atoms with Gasteiger partial charge in [-0.25, -0.2) is 0 Å². The van der Waals surface area contributed by atoms with Crippen molar-refractivity contribution in [3.05, 3.63) is 11.8 Å². The molecule has 5 nitrogen and oxygen atoms in total. The lowest BCUT2D eigenvalue weighted by Crippen LogP contribution is -2.41. The standard InChI is InChI=1S/C11H18N4O/c1-7-4-2-3-5-8(7)13-11(16)9-6-10(12)15-14-9/h6-8H,2-5H2,1H3,(H,13,16)(H3,12,14,15). The van der Waals surface area contributed by atoms with E-state index in [-0.39, 0.29) is 11.9 Å². The Bertz CT molecular complexity index is 374. The van der Waals surface area contributed by atoms with Gasteiger partial charge < -0.3 is 11.1 Å². The van der Waals surface area contributed by atoms with Gasteiger partial charge in [0.15, 0.2) is 0 Å². The zero-order valence-corrected chi connectivity index (χ0v) is 9.49. The number of rotatable bonds is 2. The minimum Gasteiger partial charge on any atom is -0.382 e. The van der Waals surface area contributed by atoms with Crippen LogP contribution >= 0.6 is 0 Å². The molecular formula is C11H18N4O. The highest BCUT2D eigenvalue weighted by Crippen LogP contribution is 2.23. The van der Waals surface area contributed by atoms with E-state index < -0.39 is 0 Å². The fourth-order valence-corrected chi connectivity index (χ4v) is 2.23. The third kappa shape index (κ3) is 2.35. The Balaban J connectivity index is 1.96. The van der Waals surface area contributed by atoms with E-state index >= 15 is 0 Å². The molecule has 1 amide bonds. The van der Waals surface area contributed by atoms with E-state index in [0.29, 0.717) is 17.4 Å². The van der Waals surface area contributed by atoms with Crippen molar-refractivity contribution in [2.24, 2.45) is 5.92 Å². The van der Waals surface area contributed by atoms with E-state index in [1.165, 1.54) is 19.3 Å². The Morgan fingerprint density at radius 2 is 2.31 bits per heavy atom. The molecule has 1 saturated carbocycles. The van der Waals surface area contributed by atoms with Crippen LogP contribution < -0.4 is 11.1 Å². The van der Waals surface area contributed by atoms with Gasteiger partial charge in [-0.05, 0) is 18.8 Å². The van der Waals surface area contributed by atoms with Crippen molar-refractivity contribution < 1.29 is 4.79 Å². The first-order valence-corrected chi connectivity index (χ1v) is 5.78. The Kier molecular flexibility index (Phi) is 3.12. The highest BCUT2D eigenvalue weighted by molar-refractivity contribution is 5.93. The molecule has 1 heterocycles. The van der Waals surface area contributed by atoms with Crippen LogP contribution in [0.3, 0.4) is 0 Å². The average Bonchev–Trinajstić information content (AvgIpc) is 2.68. The molecule has 88 valence electrons. The van der Waals surface area contributed by atoms with Crippen molar-refractivity contribution in [2.45, 2.75) is 38.6 Å². The number of aromatic nitrogens is 2. The molecule has 1 fully saturated rings. The van der Waals surface area contributed by atoms with Crippen LogP contribution in [0.4, 0.5) is 5.82 Å². The van der Waals surface area contributed by atoms with Gasteiger partial charge in [0.2, 0.25) is 0 Å². The second-order valence-corrected chi connectivity index (χ2v) is 4.55. The largest absolute Gasteiger partial charge is 0.382 e. The minimum absolute atomic E-state index is 0.108. The quantitative estimate of drug-likeness (QED) is 0.705. The molecule has 16 heavy (non-hydrogen) atoms. The molecule has 0 bridgehead atoms. The molecule has 2 rings (SSSR count). The summed E-state index contributed by atoms with van der Waals surface area (Å²) in [6, 6.07) is 1.84. The number of carbonyl (C=O) groups is 1. The van der Waals surface area contributed by atoms with Crippen LogP contribution in [0.25, 0.3) is 0 Å². The number of hydrogen-bond acceptors (Lipinski definition) is 3. The zero-order valence-electron chi connectivity index (χ0n) is 9.49. The highest BCUT2D eigenvalue weighted by Gasteiger charge is 2.23. The molecule has 0 aliphatic heterocycles. The van der Waals surface area contributed by atoms with Gasteiger partial charge >= 0.3 is 0 Å². The lowest BCUT2D eigenvalue weighted by molar-refractivity contribution is 0.0905. The fourth-order valence-electron chi connectivity index (χ4n) is 2.23. The molecular weight excluding hydrogens is 204 g/mol. The molecule has 1 aliphatic rings. The number of nitrogens with two attached hydrogens (primary N) is 1. The second kappa shape index (κ2) is 4.55. The van der Waals surface area contributed by atoms with Gasteiger partial charge in [-0.15, -0.1) is 0 Å². The number of amides is 1. The van der Waals surface area contributed by atoms with E-state index in [9.17, 15) is 4.79 Å². The molecule has 0 spiro atoms. The lowest BCUT2D eigenvalue weighted by Gasteiger charge is -2.29. The van der Waals surface area contributed by atoms with Gasteiger partial charge in [0, 0.05) is 12.1 Å². The summed E-state index contributed by atoms with van der Waals surface area (Å²) in [4.78, 5) is 11.8. The van der Waals surface area contributed by atoms with Gasteiger partial charge in [-0.2, -0.15) is 5.10 Å². The van der Waals surface area contributed by atoms with E-state index in [2.05, 4.69) is 22.4 Å². The number of nitrogens with zero attached hydrogens (tertiary/aromatic N) is 1. The number of hydrogen-bond donors (Lipinski definition) is 3. The Hall–Kier alpha value is -1.52. The van der Waals surface area contributed by atoms with Crippen molar-refractivity contribution in [3.63, 3.8) is 0 Å². The summed E-state index contributed by atoms with van der Waals surface area (Å²) in [5.74, 6) is 0.794. The predicted octanol–water partition coefficient (Wildman–Crippen LogP) is 1.30. The van der Waals surface area contributed by atoms with Crippen LogP contribution in [-0.2, 0) is 0 Å². The summed E-state index contributed by atoms with van der Waals surface area (Å²) >= 11 is 0. The van der Waals surface area contributed by atoms with Crippen molar-refractivity contribution in [2.75, 3.05) is 5.73 Å². The first-order chi connectivity index (χ1) is 7.66. The summed E-state index contributed by atoms with van der Waals surface area (Å²) in [7, 11) is 0. The smallest absolute Gasteiger partial charge is 0.269 e. The number of H-pyrrole nitrogens is 1. The Morgan fingerprint density at radius 1 is 1.56 bits per heavy atom. The van der Waals surface area contributed by atoms with Crippen molar-refractivity contribution in [1.82, 2.24) is 15.5 Å². The number of anilines is 1. The molecule has 0 radical (unpaired) electrons. The summed E-state index contributed by atoms with van der Waals surface area (Å²) in [6.07, 6.45) is 4.72. The zero-order chi connectivity index (χ0) is 11.5. The monoisotopic (exact) mass is 222 g/mol. The van der Waals surface area contributed by atoms with Gasteiger partial charge in [-0.1, -0.05) is 19.8 Å². The number of nitrogen functional groups attached to an aromatic ring is 1. The molecule has 4 N–H and O–H groups in total. The van der Waals surface area contributed by atoms with Crippen LogP contribution in [0.1, 0.15) is 43.1 Å². The SMILES string of the molecule is CC1CCCCC1NC(=O)c1cc(N)n[nH]1. The molecule has 2 unspecified atom stereocenters. The normalized spacial score (nSPS) is 25.3. The van der Waals surface area contributed by atoms with Gasteiger partial charge in [-0.3, -0.25) is 9.89 Å². The number of aromatic amines is 1. The van der Waals surface area contributed by atoms with Crippen LogP contribution in [-0.4, -0.2) is 22.1 Å². The number of nitrogens with one attached hydrogen (secondary N) is 2. The summed E-state index contributed by atoms with van der Waals surface area (Å²) < 4.78 is 0. The van der Waals surface area contributed by atoms with Gasteiger partial charge in [0.1, 0.15) is 11.5 Å². The van der Waals surface area contributed by atoms with E-state index in [1.807, 2.05) is 0 Å². The van der Waals surface area contributed by atoms with Crippen LogP contribution in [0.15, 0.2) is 6.07 Å². The molecule has 0 aromatic carbocycles. The predicted molar refractivity (Wildman–Crippen MR) is 61.9 cm³/mol. The third-order valence-corrected chi connectivity index (χ3v) is 3.27. The van der Waals surface area contributed by atoms with Crippen LogP contribution in [0.5, 0.6) is 0 Å². The molecule has 1 aromatic heterocycles. The summed E-state index contributed by atoms with van der Waals surface area (Å²) in [5.41, 5.74) is 5.89. The summed E-state index contributed by atoms with van der Waals surface area (Å²) in [5, 5.41) is 9.40. The molecule has 1 aromatic rings. The van der Waals surface area contributed by atoms with Crippen LogP contribution in [0.2, 0.25) is 0 Å². The van der Waals surface area contributed by atoms with E-state index in [1.54, 1.807) is 6.07 Å². The van der Waals surface area contributed by atoms with Crippen molar-refractivity contribution in [3.8, 4) is 0 Å². The molecule has 2 atom stereocenters.